The van der Waals surface area contributed by atoms with Gasteiger partial charge in [0.1, 0.15) is 6.04 Å². The van der Waals surface area contributed by atoms with Gasteiger partial charge in [-0.25, -0.2) is 0 Å². The van der Waals surface area contributed by atoms with Gasteiger partial charge in [-0.3, -0.25) is 9.59 Å². The van der Waals surface area contributed by atoms with Crippen molar-refractivity contribution in [3.05, 3.63) is 22.4 Å². The fourth-order valence-corrected chi connectivity index (χ4v) is 5.17. The second kappa shape index (κ2) is 8.06. The molecule has 5 nitrogen and oxygen atoms in total. The van der Waals surface area contributed by atoms with E-state index in [1.54, 1.807) is 0 Å². The van der Waals surface area contributed by atoms with Crippen LogP contribution < -0.4 is 5.32 Å². The zero-order valence-electron chi connectivity index (χ0n) is 14.4. The van der Waals surface area contributed by atoms with Gasteiger partial charge in [0.2, 0.25) is 5.91 Å². The lowest BCUT2D eigenvalue weighted by atomic mass is 9.99. The van der Waals surface area contributed by atoms with E-state index in [2.05, 4.69) is 10.2 Å². The van der Waals surface area contributed by atoms with Crippen LogP contribution in [0.1, 0.15) is 48.2 Å². The lowest BCUT2D eigenvalue weighted by Gasteiger charge is -2.39. The van der Waals surface area contributed by atoms with Gasteiger partial charge in [0.05, 0.1) is 4.88 Å². The first-order valence-electron chi connectivity index (χ1n) is 9.13. The molecule has 4 heterocycles. The molecule has 3 fully saturated rings. The van der Waals surface area contributed by atoms with Crippen LogP contribution in [0.15, 0.2) is 17.5 Å². The molecule has 4 rings (SSSR count). The number of rotatable bonds is 2. The molecule has 0 spiro atoms. The van der Waals surface area contributed by atoms with E-state index in [4.69, 9.17) is 0 Å². The maximum absolute atomic E-state index is 13.4. The fourth-order valence-electron chi connectivity index (χ4n) is 4.49. The van der Waals surface area contributed by atoms with Gasteiger partial charge in [0.15, 0.2) is 0 Å². The summed E-state index contributed by atoms with van der Waals surface area (Å²) < 4.78 is 0. The SMILES string of the molecule is Cl.O=C(c1cccs1)N1CCCCC1C(=O)N1C2CCNCC1CC2. The highest BCUT2D eigenvalue weighted by Gasteiger charge is 2.43. The normalized spacial score (nSPS) is 29.0. The molecule has 138 valence electrons. The van der Waals surface area contributed by atoms with E-state index in [-0.39, 0.29) is 30.3 Å². The molecule has 1 N–H and O–H groups in total. The van der Waals surface area contributed by atoms with E-state index in [1.807, 2.05) is 22.4 Å². The Hall–Kier alpha value is -1.11. The molecule has 3 aliphatic rings. The molecule has 0 aromatic carbocycles. The van der Waals surface area contributed by atoms with Crippen LogP contribution in [0.3, 0.4) is 0 Å². The van der Waals surface area contributed by atoms with Crippen LogP contribution in [-0.4, -0.2) is 59.4 Å². The minimum absolute atomic E-state index is 0. The second-order valence-electron chi connectivity index (χ2n) is 7.11. The number of nitrogens with zero attached hydrogens (tertiary/aromatic N) is 2. The number of carbonyl (C=O) groups is 2. The minimum atomic E-state index is -0.269. The molecule has 3 saturated heterocycles. The third kappa shape index (κ3) is 3.57. The van der Waals surface area contributed by atoms with Crippen molar-refractivity contribution in [1.82, 2.24) is 15.1 Å². The zero-order valence-corrected chi connectivity index (χ0v) is 16.0. The molecule has 25 heavy (non-hydrogen) atoms. The van der Waals surface area contributed by atoms with E-state index in [1.165, 1.54) is 11.3 Å². The average Bonchev–Trinajstić information content (AvgIpc) is 3.21. The molecule has 2 bridgehead atoms. The molecule has 3 aliphatic heterocycles. The summed E-state index contributed by atoms with van der Waals surface area (Å²) in [5, 5.41) is 5.38. The molecular formula is C18H26ClN3O2S. The Kier molecular flexibility index (Phi) is 6.02. The van der Waals surface area contributed by atoms with Gasteiger partial charge in [0, 0.05) is 25.2 Å². The van der Waals surface area contributed by atoms with Crippen LogP contribution >= 0.6 is 23.7 Å². The zero-order chi connectivity index (χ0) is 16.5. The Labute approximate surface area is 159 Å². The quantitative estimate of drug-likeness (QED) is 0.853. The van der Waals surface area contributed by atoms with Crippen molar-refractivity contribution in [1.29, 1.82) is 0 Å². The predicted molar refractivity (Wildman–Crippen MR) is 101 cm³/mol. The topological polar surface area (TPSA) is 52.7 Å². The first-order valence-corrected chi connectivity index (χ1v) is 10.0. The lowest BCUT2D eigenvalue weighted by molar-refractivity contribution is -0.139. The highest BCUT2D eigenvalue weighted by atomic mass is 35.5. The summed E-state index contributed by atoms with van der Waals surface area (Å²) in [4.78, 5) is 30.9. The molecular weight excluding hydrogens is 358 g/mol. The van der Waals surface area contributed by atoms with Crippen molar-refractivity contribution in [2.45, 2.75) is 56.7 Å². The molecule has 3 unspecified atom stereocenters. The predicted octanol–water partition coefficient (Wildman–Crippen LogP) is 2.52. The summed E-state index contributed by atoms with van der Waals surface area (Å²) in [6.07, 6.45) is 6.08. The standard InChI is InChI=1S/C18H25N3O2S.ClH/c22-17(21-13-6-7-14(21)12-19-9-8-13)15-4-1-2-10-20(15)18(23)16-5-3-11-24-16;/h3,5,11,13-15,19H,1-2,4,6-10,12H2;1H. The second-order valence-corrected chi connectivity index (χ2v) is 8.06. The number of likely N-dealkylation sites (tertiary alicyclic amines) is 1. The average molecular weight is 384 g/mol. The Morgan fingerprint density at radius 2 is 1.96 bits per heavy atom. The lowest BCUT2D eigenvalue weighted by Crippen LogP contribution is -2.56. The molecule has 2 amide bonds. The van der Waals surface area contributed by atoms with Gasteiger partial charge in [-0.05, 0) is 56.5 Å². The third-order valence-electron chi connectivity index (χ3n) is 5.69. The Morgan fingerprint density at radius 3 is 2.76 bits per heavy atom. The molecule has 7 heteroatoms. The number of fused-ring (bicyclic) bond motifs is 2. The van der Waals surface area contributed by atoms with Crippen molar-refractivity contribution >= 4 is 35.6 Å². The molecule has 3 atom stereocenters. The van der Waals surface area contributed by atoms with Crippen molar-refractivity contribution in [3.8, 4) is 0 Å². The minimum Gasteiger partial charge on any atom is -0.334 e. The summed E-state index contributed by atoms with van der Waals surface area (Å²) in [7, 11) is 0. The number of amides is 2. The number of thiophene rings is 1. The molecule has 1 aromatic rings. The Bertz CT molecular complexity index is 595. The van der Waals surface area contributed by atoms with Gasteiger partial charge in [-0.15, -0.1) is 23.7 Å². The Morgan fingerprint density at radius 1 is 1.12 bits per heavy atom. The van der Waals surface area contributed by atoms with Gasteiger partial charge in [-0.2, -0.15) is 0 Å². The first kappa shape index (κ1) is 18.7. The van der Waals surface area contributed by atoms with E-state index in [0.29, 0.717) is 18.6 Å². The number of piperidine rings is 1. The maximum atomic E-state index is 13.4. The third-order valence-corrected chi connectivity index (χ3v) is 6.55. The summed E-state index contributed by atoms with van der Waals surface area (Å²) in [5.74, 6) is 0.221. The maximum Gasteiger partial charge on any atom is 0.264 e. The van der Waals surface area contributed by atoms with Gasteiger partial charge in [-0.1, -0.05) is 6.07 Å². The highest BCUT2D eigenvalue weighted by molar-refractivity contribution is 7.12. The van der Waals surface area contributed by atoms with Crippen molar-refractivity contribution in [2.75, 3.05) is 19.6 Å². The summed E-state index contributed by atoms with van der Waals surface area (Å²) in [6.45, 7) is 2.59. The summed E-state index contributed by atoms with van der Waals surface area (Å²) in [5.41, 5.74) is 0. The van der Waals surface area contributed by atoms with E-state index < -0.39 is 0 Å². The van der Waals surface area contributed by atoms with Crippen LogP contribution in [0.5, 0.6) is 0 Å². The van der Waals surface area contributed by atoms with E-state index in [9.17, 15) is 9.59 Å². The van der Waals surface area contributed by atoms with Gasteiger partial charge in [0.25, 0.3) is 5.91 Å². The smallest absolute Gasteiger partial charge is 0.264 e. The van der Waals surface area contributed by atoms with Crippen molar-refractivity contribution in [2.24, 2.45) is 0 Å². The number of hydrogen-bond donors (Lipinski definition) is 1. The molecule has 0 radical (unpaired) electrons. The van der Waals surface area contributed by atoms with Crippen molar-refractivity contribution in [3.63, 3.8) is 0 Å². The van der Waals surface area contributed by atoms with Crippen LogP contribution in [0.2, 0.25) is 0 Å². The van der Waals surface area contributed by atoms with Crippen LogP contribution in [0.4, 0.5) is 0 Å². The monoisotopic (exact) mass is 383 g/mol. The van der Waals surface area contributed by atoms with Gasteiger partial charge >= 0.3 is 0 Å². The fraction of sp³-hybridized carbons (Fsp3) is 0.667. The van der Waals surface area contributed by atoms with Gasteiger partial charge < -0.3 is 15.1 Å². The number of carbonyl (C=O) groups excluding carboxylic acids is 2. The van der Waals surface area contributed by atoms with E-state index >= 15 is 0 Å². The summed E-state index contributed by atoms with van der Waals surface area (Å²) in [6, 6.07) is 4.17. The van der Waals surface area contributed by atoms with Crippen LogP contribution in [0, 0.1) is 0 Å². The number of hydrogen-bond acceptors (Lipinski definition) is 4. The van der Waals surface area contributed by atoms with Crippen LogP contribution in [0.25, 0.3) is 0 Å². The Balaban J connectivity index is 0.00000182. The van der Waals surface area contributed by atoms with Crippen LogP contribution in [-0.2, 0) is 4.79 Å². The largest absolute Gasteiger partial charge is 0.334 e. The number of nitrogens with one attached hydrogen (secondary N) is 1. The molecule has 1 aromatic heterocycles. The number of halogens is 1. The van der Waals surface area contributed by atoms with E-state index in [0.717, 1.165) is 56.5 Å². The summed E-state index contributed by atoms with van der Waals surface area (Å²) >= 11 is 1.46. The van der Waals surface area contributed by atoms with Crippen molar-refractivity contribution < 1.29 is 9.59 Å². The first-order chi connectivity index (χ1) is 11.8. The highest BCUT2D eigenvalue weighted by Crippen LogP contribution is 2.31. The molecule has 0 saturated carbocycles. The molecule has 0 aliphatic carbocycles.